The zero-order valence-electron chi connectivity index (χ0n) is 8.70. The van der Waals surface area contributed by atoms with Crippen LogP contribution < -0.4 is 0 Å². The van der Waals surface area contributed by atoms with Crippen LogP contribution >= 0.6 is 22.7 Å². The smallest absolute Gasteiger partial charge is 0.193 e. The Kier molecular flexibility index (Phi) is 2.32. The van der Waals surface area contributed by atoms with E-state index in [4.69, 9.17) is 9.47 Å². The van der Waals surface area contributed by atoms with Crippen molar-refractivity contribution in [2.45, 2.75) is 20.1 Å². The average Bonchev–Trinajstić information content (AvgIpc) is 2.86. The van der Waals surface area contributed by atoms with Crippen molar-refractivity contribution >= 4 is 32.1 Å². The summed E-state index contributed by atoms with van der Waals surface area (Å²) in [5.41, 5.74) is 2.70. The number of ether oxygens (including phenoxy) is 2. The second-order valence-corrected chi connectivity index (χ2v) is 5.94. The first-order chi connectivity index (χ1) is 7.27. The van der Waals surface area contributed by atoms with Crippen LogP contribution in [0.3, 0.4) is 0 Å². The molecule has 2 aromatic rings. The van der Waals surface area contributed by atoms with Gasteiger partial charge in [0.1, 0.15) is 0 Å². The summed E-state index contributed by atoms with van der Waals surface area (Å²) >= 11 is 3.63. The fourth-order valence-corrected chi connectivity index (χ4v) is 4.52. The van der Waals surface area contributed by atoms with E-state index in [0.717, 1.165) is 0 Å². The highest BCUT2D eigenvalue weighted by Gasteiger charge is 2.24. The summed E-state index contributed by atoms with van der Waals surface area (Å²) < 4.78 is 12.5. The highest BCUT2D eigenvalue weighted by Crippen LogP contribution is 2.42. The molecule has 0 atom stereocenters. The van der Waals surface area contributed by atoms with Gasteiger partial charge in [0.25, 0.3) is 0 Å². The molecule has 1 aliphatic rings. The summed E-state index contributed by atoms with van der Waals surface area (Å²) in [5, 5.41) is 3.62. The largest absolute Gasteiger partial charge is 0.345 e. The molecule has 2 aromatic heterocycles. The molecule has 0 radical (unpaired) electrons. The molecular formula is C11H12O2S2. The molecule has 2 nitrogen and oxygen atoms in total. The van der Waals surface area contributed by atoms with Crippen LogP contribution in [0.1, 0.15) is 22.3 Å². The Morgan fingerprint density at radius 2 is 2.00 bits per heavy atom. The molecule has 0 aromatic carbocycles. The van der Waals surface area contributed by atoms with Crippen LogP contribution in [-0.4, -0.2) is 13.2 Å². The summed E-state index contributed by atoms with van der Waals surface area (Å²) in [6.07, 6.45) is -0.117. The van der Waals surface area contributed by atoms with E-state index >= 15 is 0 Å². The van der Waals surface area contributed by atoms with Gasteiger partial charge < -0.3 is 9.47 Å². The minimum Gasteiger partial charge on any atom is -0.345 e. The predicted octanol–water partition coefficient (Wildman–Crippen LogP) is 3.63. The van der Waals surface area contributed by atoms with Crippen molar-refractivity contribution in [1.29, 1.82) is 0 Å². The fourth-order valence-electron chi connectivity index (χ4n) is 1.98. The standard InChI is InChI=1S/C11H12O2S2/c1-6-5-14-11-8(6)7(2)9(15-11)10-12-3-4-13-10/h5,10H,3-4H2,1-2H3. The molecule has 0 saturated carbocycles. The Labute approximate surface area is 96.4 Å². The molecule has 1 saturated heterocycles. The van der Waals surface area contributed by atoms with Gasteiger partial charge in [-0.3, -0.25) is 0 Å². The lowest BCUT2D eigenvalue weighted by molar-refractivity contribution is -0.0416. The number of fused-ring (bicyclic) bond motifs is 1. The first-order valence-corrected chi connectivity index (χ1v) is 6.67. The van der Waals surface area contributed by atoms with Crippen molar-refractivity contribution in [3.63, 3.8) is 0 Å². The molecule has 0 N–H and O–H groups in total. The van der Waals surface area contributed by atoms with E-state index in [1.54, 1.807) is 0 Å². The van der Waals surface area contributed by atoms with Gasteiger partial charge in [0.2, 0.25) is 0 Å². The van der Waals surface area contributed by atoms with Crippen molar-refractivity contribution in [1.82, 2.24) is 0 Å². The quantitative estimate of drug-likeness (QED) is 0.758. The average molecular weight is 240 g/mol. The van der Waals surface area contributed by atoms with Crippen molar-refractivity contribution in [2.24, 2.45) is 0 Å². The maximum atomic E-state index is 5.55. The molecule has 0 unspecified atom stereocenters. The SMILES string of the molecule is Cc1csc2sc(C3OCCO3)c(C)c12. The minimum absolute atomic E-state index is 0.117. The van der Waals surface area contributed by atoms with Crippen molar-refractivity contribution in [3.05, 3.63) is 21.4 Å². The maximum Gasteiger partial charge on any atom is 0.193 e. The van der Waals surface area contributed by atoms with Gasteiger partial charge in [0.05, 0.1) is 22.1 Å². The van der Waals surface area contributed by atoms with Gasteiger partial charge >= 0.3 is 0 Å². The van der Waals surface area contributed by atoms with E-state index in [1.165, 1.54) is 25.4 Å². The van der Waals surface area contributed by atoms with Crippen LogP contribution in [0.4, 0.5) is 0 Å². The van der Waals surface area contributed by atoms with Crippen LogP contribution in [-0.2, 0) is 9.47 Å². The van der Waals surface area contributed by atoms with Gasteiger partial charge in [0.15, 0.2) is 6.29 Å². The van der Waals surface area contributed by atoms with E-state index in [9.17, 15) is 0 Å². The highest BCUT2D eigenvalue weighted by atomic mass is 32.2. The van der Waals surface area contributed by atoms with E-state index in [2.05, 4.69) is 19.2 Å². The van der Waals surface area contributed by atoms with E-state index in [1.807, 2.05) is 22.7 Å². The minimum atomic E-state index is -0.117. The van der Waals surface area contributed by atoms with Gasteiger partial charge in [-0.05, 0) is 30.4 Å². The number of aryl methyl sites for hydroxylation is 2. The zero-order chi connectivity index (χ0) is 10.4. The fraction of sp³-hybridized carbons (Fsp3) is 0.455. The lowest BCUT2D eigenvalue weighted by Gasteiger charge is -2.07. The molecule has 3 rings (SSSR count). The van der Waals surface area contributed by atoms with Crippen molar-refractivity contribution in [2.75, 3.05) is 13.2 Å². The van der Waals surface area contributed by atoms with E-state index in [-0.39, 0.29) is 6.29 Å². The number of rotatable bonds is 1. The maximum absolute atomic E-state index is 5.55. The number of hydrogen-bond donors (Lipinski definition) is 0. The van der Waals surface area contributed by atoms with Gasteiger partial charge in [-0.2, -0.15) is 0 Å². The zero-order valence-corrected chi connectivity index (χ0v) is 10.3. The highest BCUT2D eigenvalue weighted by molar-refractivity contribution is 7.37. The molecule has 0 spiro atoms. The second-order valence-electron chi connectivity index (χ2n) is 3.75. The topological polar surface area (TPSA) is 18.5 Å². The summed E-state index contributed by atoms with van der Waals surface area (Å²) in [6, 6.07) is 0. The Morgan fingerprint density at radius 1 is 1.27 bits per heavy atom. The molecule has 0 amide bonds. The summed E-state index contributed by atoms with van der Waals surface area (Å²) in [7, 11) is 0. The third-order valence-corrected chi connectivity index (χ3v) is 5.26. The molecule has 15 heavy (non-hydrogen) atoms. The number of thiophene rings is 2. The number of hydrogen-bond acceptors (Lipinski definition) is 4. The molecule has 1 aliphatic heterocycles. The van der Waals surface area contributed by atoms with Crippen molar-refractivity contribution < 1.29 is 9.47 Å². The van der Waals surface area contributed by atoms with Crippen LogP contribution in [0.25, 0.3) is 9.40 Å². The Morgan fingerprint density at radius 3 is 2.67 bits per heavy atom. The second kappa shape index (κ2) is 3.56. The first kappa shape index (κ1) is 9.78. The normalized spacial score (nSPS) is 18.0. The van der Waals surface area contributed by atoms with Gasteiger partial charge in [-0.25, -0.2) is 0 Å². The lowest BCUT2D eigenvalue weighted by atomic mass is 10.1. The van der Waals surface area contributed by atoms with E-state index < -0.39 is 0 Å². The summed E-state index contributed by atoms with van der Waals surface area (Å²) in [6.45, 7) is 5.76. The van der Waals surface area contributed by atoms with Gasteiger partial charge in [-0.15, -0.1) is 22.7 Å². The summed E-state index contributed by atoms with van der Waals surface area (Å²) in [4.78, 5) is 1.25. The van der Waals surface area contributed by atoms with Crippen molar-refractivity contribution in [3.8, 4) is 0 Å². The lowest BCUT2D eigenvalue weighted by Crippen LogP contribution is -1.96. The molecule has 3 heterocycles. The molecule has 1 fully saturated rings. The third kappa shape index (κ3) is 1.44. The third-order valence-electron chi connectivity index (χ3n) is 2.72. The Bertz CT molecular complexity index is 492. The molecule has 4 heteroatoms. The van der Waals surface area contributed by atoms with Gasteiger partial charge in [-0.1, -0.05) is 0 Å². The monoisotopic (exact) mass is 240 g/mol. The van der Waals surface area contributed by atoms with Crippen LogP contribution in [0.2, 0.25) is 0 Å². The summed E-state index contributed by atoms with van der Waals surface area (Å²) in [5.74, 6) is 0. The Hall–Kier alpha value is -0.420. The van der Waals surface area contributed by atoms with E-state index in [0.29, 0.717) is 13.2 Å². The van der Waals surface area contributed by atoms with Crippen LogP contribution in [0, 0.1) is 13.8 Å². The molecule has 0 aliphatic carbocycles. The van der Waals surface area contributed by atoms with Crippen LogP contribution in [0.5, 0.6) is 0 Å². The molecule has 0 bridgehead atoms. The first-order valence-electron chi connectivity index (χ1n) is 4.97. The van der Waals surface area contributed by atoms with Crippen LogP contribution in [0.15, 0.2) is 5.38 Å². The molecular weight excluding hydrogens is 228 g/mol. The molecule has 80 valence electrons. The predicted molar refractivity (Wildman–Crippen MR) is 63.8 cm³/mol. The Balaban J connectivity index is 2.14. The van der Waals surface area contributed by atoms with Gasteiger partial charge in [0, 0.05) is 5.39 Å².